The van der Waals surface area contributed by atoms with Crippen LogP contribution in [0, 0.1) is 12.8 Å². The number of carbonyl (C=O) groups is 1. The molecular weight excluding hydrogens is 252 g/mol. The lowest BCUT2D eigenvalue weighted by molar-refractivity contribution is -0.124. The van der Waals surface area contributed by atoms with Crippen LogP contribution in [-0.2, 0) is 4.79 Å². The smallest absolute Gasteiger partial charge is 0.258 e. The summed E-state index contributed by atoms with van der Waals surface area (Å²) in [6.07, 6.45) is 0. The molecule has 112 valence electrons. The molecule has 20 heavy (non-hydrogen) atoms. The van der Waals surface area contributed by atoms with Gasteiger partial charge < -0.3 is 15.8 Å². The quantitative estimate of drug-likeness (QED) is 0.840. The predicted octanol–water partition coefficient (Wildman–Crippen LogP) is 2.55. The first-order valence-electron chi connectivity index (χ1n) is 7.09. The summed E-state index contributed by atoms with van der Waals surface area (Å²) in [7, 11) is 0. The van der Waals surface area contributed by atoms with Crippen molar-refractivity contribution in [1.82, 2.24) is 5.32 Å². The van der Waals surface area contributed by atoms with E-state index in [4.69, 9.17) is 10.5 Å². The van der Waals surface area contributed by atoms with Crippen molar-refractivity contribution in [3.8, 4) is 5.75 Å². The van der Waals surface area contributed by atoms with Gasteiger partial charge in [-0.2, -0.15) is 0 Å². The molecule has 0 saturated heterocycles. The normalized spacial score (nSPS) is 13.9. The van der Waals surface area contributed by atoms with Crippen molar-refractivity contribution in [2.75, 3.05) is 6.61 Å². The lowest BCUT2D eigenvalue weighted by Crippen LogP contribution is -2.39. The van der Waals surface area contributed by atoms with Gasteiger partial charge in [0.05, 0.1) is 0 Å². The van der Waals surface area contributed by atoms with Crippen LogP contribution >= 0.6 is 0 Å². The summed E-state index contributed by atoms with van der Waals surface area (Å²) < 4.78 is 5.60. The van der Waals surface area contributed by atoms with Gasteiger partial charge >= 0.3 is 0 Å². The van der Waals surface area contributed by atoms with Crippen molar-refractivity contribution in [2.45, 2.75) is 46.7 Å². The zero-order chi connectivity index (χ0) is 15.3. The fraction of sp³-hybridized carbons (Fsp3) is 0.562. The fourth-order valence-corrected chi connectivity index (χ4v) is 1.76. The summed E-state index contributed by atoms with van der Waals surface area (Å²) in [5.74, 6) is 0.971. The first kappa shape index (κ1) is 16.5. The van der Waals surface area contributed by atoms with Gasteiger partial charge in [-0.25, -0.2) is 0 Å². The molecule has 0 spiro atoms. The molecule has 1 aromatic rings. The predicted molar refractivity (Wildman–Crippen MR) is 81.7 cm³/mol. The molecule has 0 bridgehead atoms. The lowest BCUT2D eigenvalue weighted by atomic mass is 10.1. The molecule has 2 unspecified atom stereocenters. The highest BCUT2D eigenvalue weighted by Gasteiger charge is 2.13. The molecule has 0 fully saturated rings. The largest absolute Gasteiger partial charge is 0.483 e. The molecule has 1 aromatic carbocycles. The number of carbonyl (C=O) groups excluding carboxylic acids is 1. The highest BCUT2D eigenvalue weighted by Crippen LogP contribution is 2.24. The van der Waals surface area contributed by atoms with Crippen LogP contribution in [0.1, 0.15) is 44.9 Å². The van der Waals surface area contributed by atoms with E-state index in [0.29, 0.717) is 11.7 Å². The van der Waals surface area contributed by atoms with E-state index in [1.807, 2.05) is 39.0 Å². The van der Waals surface area contributed by atoms with Gasteiger partial charge in [-0.15, -0.1) is 0 Å². The third-order valence-corrected chi connectivity index (χ3v) is 3.40. The summed E-state index contributed by atoms with van der Waals surface area (Å²) in [6, 6.07) is 5.83. The Bertz CT molecular complexity index is 456. The van der Waals surface area contributed by atoms with Crippen LogP contribution in [-0.4, -0.2) is 18.6 Å². The number of amides is 1. The highest BCUT2D eigenvalue weighted by molar-refractivity contribution is 5.77. The van der Waals surface area contributed by atoms with Gasteiger partial charge in [0.2, 0.25) is 0 Å². The molecule has 0 aliphatic rings. The van der Waals surface area contributed by atoms with E-state index in [1.54, 1.807) is 0 Å². The maximum Gasteiger partial charge on any atom is 0.258 e. The molecule has 2 atom stereocenters. The molecule has 3 N–H and O–H groups in total. The minimum Gasteiger partial charge on any atom is -0.483 e. The molecular formula is C16H26N2O2. The van der Waals surface area contributed by atoms with E-state index in [1.165, 1.54) is 0 Å². The fourth-order valence-electron chi connectivity index (χ4n) is 1.76. The first-order valence-corrected chi connectivity index (χ1v) is 7.09. The molecule has 4 nitrogen and oxygen atoms in total. The molecule has 0 heterocycles. The average Bonchev–Trinajstić information content (AvgIpc) is 2.36. The van der Waals surface area contributed by atoms with E-state index in [9.17, 15) is 4.79 Å². The second-order valence-corrected chi connectivity index (χ2v) is 5.72. The van der Waals surface area contributed by atoms with E-state index >= 15 is 0 Å². The van der Waals surface area contributed by atoms with Crippen molar-refractivity contribution in [2.24, 2.45) is 11.7 Å². The zero-order valence-corrected chi connectivity index (χ0v) is 13.1. The second kappa shape index (κ2) is 7.29. The molecule has 0 saturated carbocycles. The molecule has 0 radical (unpaired) electrons. The van der Waals surface area contributed by atoms with Crippen LogP contribution in [0.15, 0.2) is 18.2 Å². The number of aryl methyl sites for hydroxylation is 1. The number of nitrogens with two attached hydrogens (primary N) is 1. The number of benzene rings is 1. The Morgan fingerprint density at radius 3 is 2.50 bits per heavy atom. The Morgan fingerprint density at radius 1 is 1.30 bits per heavy atom. The van der Waals surface area contributed by atoms with Gasteiger partial charge in [0.1, 0.15) is 5.75 Å². The van der Waals surface area contributed by atoms with E-state index in [0.717, 1.165) is 11.1 Å². The Hall–Kier alpha value is -1.55. The van der Waals surface area contributed by atoms with Crippen molar-refractivity contribution >= 4 is 5.91 Å². The zero-order valence-electron chi connectivity index (χ0n) is 13.1. The van der Waals surface area contributed by atoms with Gasteiger partial charge in [-0.05, 0) is 32.8 Å². The van der Waals surface area contributed by atoms with Crippen LogP contribution < -0.4 is 15.8 Å². The van der Waals surface area contributed by atoms with Crippen LogP contribution in [0.2, 0.25) is 0 Å². The summed E-state index contributed by atoms with van der Waals surface area (Å²) in [5, 5.41) is 2.91. The van der Waals surface area contributed by atoms with E-state index in [-0.39, 0.29) is 24.6 Å². The lowest BCUT2D eigenvalue weighted by Gasteiger charge is -2.18. The second-order valence-electron chi connectivity index (χ2n) is 5.72. The first-order chi connectivity index (χ1) is 9.31. The maximum atomic E-state index is 11.8. The van der Waals surface area contributed by atoms with Gasteiger partial charge in [0.25, 0.3) is 5.91 Å². The Labute approximate surface area is 121 Å². The average molecular weight is 278 g/mol. The topological polar surface area (TPSA) is 64.3 Å². The third-order valence-electron chi connectivity index (χ3n) is 3.40. The molecule has 0 aliphatic heterocycles. The number of hydrogen-bond donors (Lipinski definition) is 2. The monoisotopic (exact) mass is 278 g/mol. The van der Waals surface area contributed by atoms with E-state index in [2.05, 4.69) is 19.2 Å². The minimum absolute atomic E-state index is 0.0137. The Morgan fingerprint density at radius 2 is 1.95 bits per heavy atom. The van der Waals surface area contributed by atoms with Crippen molar-refractivity contribution in [3.05, 3.63) is 29.3 Å². The summed E-state index contributed by atoms with van der Waals surface area (Å²) in [6.45, 7) is 10.1. The minimum atomic E-state index is -0.123. The van der Waals surface area contributed by atoms with Gasteiger partial charge in [-0.1, -0.05) is 31.5 Å². The molecule has 1 rings (SSSR count). The molecule has 0 aliphatic carbocycles. The Balaban J connectivity index is 2.64. The summed E-state index contributed by atoms with van der Waals surface area (Å²) >= 11 is 0. The standard InChI is InChI=1S/C16H26N2O2/c1-10(2)13(5)18-16(19)9-20-15-7-6-11(3)8-14(15)12(4)17/h6-8,10,12-13H,9,17H2,1-5H3,(H,18,19). The van der Waals surface area contributed by atoms with Gasteiger partial charge in [-0.3, -0.25) is 4.79 Å². The molecule has 1 amide bonds. The summed E-state index contributed by atoms with van der Waals surface area (Å²) in [5.41, 5.74) is 7.98. The molecule has 0 aromatic heterocycles. The van der Waals surface area contributed by atoms with Crippen molar-refractivity contribution in [1.29, 1.82) is 0 Å². The van der Waals surface area contributed by atoms with Crippen LogP contribution in [0.25, 0.3) is 0 Å². The third kappa shape index (κ3) is 4.85. The van der Waals surface area contributed by atoms with Crippen molar-refractivity contribution in [3.63, 3.8) is 0 Å². The number of rotatable bonds is 6. The SMILES string of the molecule is Cc1ccc(OCC(=O)NC(C)C(C)C)c(C(C)N)c1. The van der Waals surface area contributed by atoms with Crippen molar-refractivity contribution < 1.29 is 9.53 Å². The van der Waals surface area contributed by atoms with Gasteiger partial charge in [0, 0.05) is 17.6 Å². The summed E-state index contributed by atoms with van der Waals surface area (Å²) in [4.78, 5) is 11.8. The molecule has 4 heteroatoms. The van der Waals surface area contributed by atoms with Crippen LogP contribution in [0.5, 0.6) is 5.75 Å². The highest BCUT2D eigenvalue weighted by atomic mass is 16.5. The number of nitrogens with one attached hydrogen (secondary N) is 1. The number of hydrogen-bond acceptors (Lipinski definition) is 3. The van der Waals surface area contributed by atoms with Crippen LogP contribution in [0.4, 0.5) is 0 Å². The maximum absolute atomic E-state index is 11.8. The Kier molecular flexibility index (Phi) is 6.02. The van der Waals surface area contributed by atoms with Gasteiger partial charge in [0.15, 0.2) is 6.61 Å². The van der Waals surface area contributed by atoms with Crippen LogP contribution in [0.3, 0.4) is 0 Å². The van der Waals surface area contributed by atoms with E-state index < -0.39 is 0 Å². The number of ether oxygens (including phenoxy) is 1.